The van der Waals surface area contributed by atoms with E-state index in [1.54, 1.807) is 11.8 Å². The Morgan fingerprint density at radius 1 is 1.28 bits per heavy atom. The van der Waals surface area contributed by atoms with E-state index in [9.17, 15) is 18.0 Å². The maximum absolute atomic E-state index is 13.6. The third-order valence-corrected chi connectivity index (χ3v) is 5.60. The van der Waals surface area contributed by atoms with Crippen molar-refractivity contribution in [3.8, 4) is 0 Å². The van der Waals surface area contributed by atoms with Gasteiger partial charge in [-0.25, -0.2) is 10.4 Å². The highest BCUT2D eigenvalue weighted by atomic mass is 19.4. The van der Waals surface area contributed by atoms with E-state index < -0.39 is 11.7 Å². The van der Waals surface area contributed by atoms with E-state index in [-0.39, 0.29) is 41.2 Å². The summed E-state index contributed by atoms with van der Waals surface area (Å²) in [6, 6.07) is 0.905. The van der Waals surface area contributed by atoms with E-state index >= 15 is 0 Å². The molecule has 0 aliphatic carbocycles. The average molecular weight is 408 g/mol. The number of fused-ring (bicyclic) bond motifs is 3. The van der Waals surface area contributed by atoms with Gasteiger partial charge in [0, 0.05) is 6.20 Å². The molecule has 3 unspecified atom stereocenters. The topological polar surface area (TPSA) is 74.5 Å². The highest BCUT2D eigenvalue weighted by molar-refractivity contribution is 5.96. The third-order valence-electron chi connectivity index (χ3n) is 5.60. The monoisotopic (exact) mass is 408 g/mol. The largest absolute Gasteiger partial charge is 0.417 e. The quantitative estimate of drug-likeness (QED) is 0.824. The van der Waals surface area contributed by atoms with Crippen molar-refractivity contribution in [1.82, 2.24) is 19.7 Å². The van der Waals surface area contributed by atoms with Gasteiger partial charge in [0.1, 0.15) is 23.9 Å². The van der Waals surface area contributed by atoms with E-state index in [2.05, 4.69) is 15.4 Å². The minimum absolute atomic E-state index is 0.0506. The minimum atomic E-state index is -4.58. The number of halogens is 3. The van der Waals surface area contributed by atoms with Crippen LogP contribution in [0.25, 0.3) is 5.65 Å². The fourth-order valence-electron chi connectivity index (χ4n) is 4.22. The van der Waals surface area contributed by atoms with Crippen LogP contribution in [0.2, 0.25) is 0 Å². The van der Waals surface area contributed by atoms with E-state index in [0.29, 0.717) is 13.2 Å². The predicted octanol–water partition coefficient (Wildman–Crippen LogP) is 2.06. The van der Waals surface area contributed by atoms with Crippen molar-refractivity contribution in [2.24, 2.45) is 4.99 Å². The average Bonchev–Trinajstić information content (AvgIpc) is 3.36. The second-order valence-corrected chi connectivity index (χ2v) is 7.52. The Hall–Kier alpha value is -2.66. The van der Waals surface area contributed by atoms with Crippen molar-refractivity contribution in [1.29, 1.82) is 0 Å². The van der Waals surface area contributed by atoms with Gasteiger partial charge in [0.15, 0.2) is 5.65 Å². The van der Waals surface area contributed by atoms with Gasteiger partial charge in [-0.2, -0.15) is 13.2 Å². The summed E-state index contributed by atoms with van der Waals surface area (Å²) in [6.07, 6.45) is 0.498. The zero-order chi connectivity index (χ0) is 20.3. The highest BCUT2D eigenvalue weighted by Crippen LogP contribution is 2.35. The molecule has 3 atom stereocenters. The zero-order valence-corrected chi connectivity index (χ0v) is 15.6. The molecular formula is C18H19F3N6O2. The van der Waals surface area contributed by atoms with E-state index in [0.717, 1.165) is 25.1 Å². The maximum atomic E-state index is 13.6. The van der Waals surface area contributed by atoms with E-state index in [1.807, 2.05) is 0 Å². The van der Waals surface area contributed by atoms with Gasteiger partial charge < -0.3 is 9.64 Å². The van der Waals surface area contributed by atoms with Crippen LogP contribution in [0.1, 0.15) is 35.8 Å². The van der Waals surface area contributed by atoms with Crippen molar-refractivity contribution in [2.45, 2.75) is 44.2 Å². The lowest BCUT2D eigenvalue weighted by molar-refractivity contribution is -0.137. The number of nitrogens with one attached hydrogen (secondary N) is 1. The Kier molecular flexibility index (Phi) is 4.07. The summed E-state index contributed by atoms with van der Waals surface area (Å²) >= 11 is 0. The van der Waals surface area contributed by atoms with Crippen molar-refractivity contribution >= 4 is 23.6 Å². The Labute approximate surface area is 163 Å². The number of hydrogen-bond acceptors (Lipinski definition) is 6. The Morgan fingerprint density at radius 2 is 2.00 bits per heavy atom. The van der Waals surface area contributed by atoms with Crippen molar-refractivity contribution in [3.05, 3.63) is 29.7 Å². The molecule has 154 valence electrons. The lowest BCUT2D eigenvalue weighted by Crippen LogP contribution is -2.49. The molecule has 2 fully saturated rings. The molecule has 2 aromatic heterocycles. The molecule has 0 spiro atoms. The number of carbonyl (C=O) groups is 1. The van der Waals surface area contributed by atoms with Crippen LogP contribution in [0.15, 0.2) is 23.5 Å². The normalized spacial score (nSPS) is 26.7. The van der Waals surface area contributed by atoms with Gasteiger partial charge in [-0.15, -0.1) is 0 Å². The van der Waals surface area contributed by atoms with Crippen LogP contribution in [0.5, 0.6) is 0 Å². The first-order valence-electron chi connectivity index (χ1n) is 9.40. The molecule has 0 radical (unpaired) electrons. The van der Waals surface area contributed by atoms with Crippen LogP contribution in [0.4, 0.5) is 18.9 Å². The lowest BCUT2D eigenvalue weighted by atomic mass is 10.2. The first kappa shape index (κ1) is 18.4. The Morgan fingerprint density at radius 3 is 2.62 bits per heavy atom. The number of carbonyl (C=O) groups excluding carboxylic acids is 1. The standard InChI is InChI=1S/C18H19F3N6O2/c1-10-23-9-26(24-10)14-4-11(18(19,20)21)6-25-15(5-22-16(14)25)17(28)27-12-2-3-13(27)8-29-7-12/h4-6,9-10,12-13,24H,2-3,7-8H2,1H3. The number of imidazole rings is 1. The minimum Gasteiger partial charge on any atom is -0.377 e. The first-order chi connectivity index (χ1) is 13.8. The van der Waals surface area contributed by atoms with Gasteiger partial charge in [0.2, 0.25) is 0 Å². The summed E-state index contributed by atoms with van der Waals surface area (Å²) in [7, 11) is 0. The number of ether oxygens (including phenoxy) is 1. The van der Waals surface area contributed by atoms with Gasteiger partial charge in [0.05, 0.1) is 37.1 Å². The van der Waals surface area contributed by atoms with Crippen molar-refractivity contribution in [3.63, 3.8) is 0 Å². The number of hydrogen-bond donors (Lipinski definition) is 1. The molecule has 8 nitrogen and oxygen atoms in total. The molecule has 0 aromatic carbocycles. The van der Waals surface area contributed by atoms with Gasteiger partial charge in [-0.1, -0.05) is 0 Å². The van der Waals surface area contributed by atoms with E-state index in [4.69, 9.17) is 4.74 Å². The SMILES string of the molecule is CC1N=CN(c2cc(C(F)(F)F)cn3c(C(=O)N4C5CCC4COC5)cnc23)N1. The molecule has 3 aliphatic rings. The predicted molar refractivity (Wildman–Crippen MR) is 97.6 cm³/mol. The fraction of sp³-hybridized carbons (Fsp3) is 0.500. The summed E-state index contributed by atoms with van der Waals surface area (Å²) < 4.78 is 47.4. The van der Waals surface area contributed by atoms with Crippen molar-refractivity contribution in [2.75, 3.05) is 18.2 Å². The summed E-state index contributed by atoms with van der Waals surface area (Å²) in [5.74, 6) is -0.324. The number of rotatable bonds is 2. The molecule has 2 aromatic rings. The van der Waals surface area contributed by atoms with Gasteiger partial charge in [-0.05, 0) is 25.8 Å². The van der Waals surface area contributed by atoms with Crippen molar-refractivity contribution < 1.29 is 22.7 Å². The lowest BCUT2D eigenvalue weighted by Gasteiger charge is -2.34. The van der Waals surface area contributed by atoms with Crippen LogP contribution in [-0.4, -0.2) is 58.0 Å². The van der Waals surface area contributed by atoms with Gasteiger partial charge in [0.25, 0.3) is 5.91 Å². The molecule has 29 heavy (non-hydrogen) atoms. The molecule has 5 heterocycles. The van der Waals surface area contributed by atoms with Crippen LogP contribution >= 0.6 is 0 Å². The number of hydrazine groups is 1. The third kappa shape index (κ3) is 2.96. The Bertz CT molecular complexity index is 987. The molecule has 1 N–H and O–H groups in total. The maximum Gasteiger partial charge on any atom is 0.417 e. The second kappa shape index (κ2) is 6.42. The number of nitrogens with zero attached hydrogens (tertiary/aromatic N) is 5. The summed E-state index contributed by atoms with van der Waals surface area (Å²) in [4.78, 5) is 23.4. The number of aromatic nitrogens is 2. The summed E-state index contributed by atoms with van der Waals surface area (Å²) in [5.41, 5.74) is 2.61. The molecule has 5 rings (SSSR count). The summed E-state index contributed by atoms with van der Waals surface area (Å²) in [6.45, 7) is 2.67. The highest BCUT2D eigenvalue weighted by Gasteiger charge is 2.42. The molecule has 2 saturated heterocycles. The number of alkyl halides is 3. The number of morpholine rings is 1. The summed E-state index contributed by atoms with van der Waals surface area (Å²) in [5, 5.41) is 1.40. The van der Waals surface area contributed by atoms with Gasteiger partial charge in [-0.3, -0.25) is 19.2 Å². The van der Waals surface area contributed by atoms with Gasteiger partial charge >= 0.3 is 6.18 Å². The van der Waals surface area contributed by atoms with Crippen LogP contribution in [-0.2, 0) is 10.9 Å². The number of amides is 1. The van der Waals surface area contributed by atoms with Crippen LogP contribution in [0.3, 0.4) is 0 Å². The zero-order valence-electron chi connectivity index (χ0n) is 15.6. The Balaban J connectivity index is 1.62. The first-order valence-corrected chi connectivity index (χ1v) is 9.40. The van der Waals surface area contributed by atoms with Crippen LogP contribution in [0, 0.1) is 0 Å². The molecule has 1 amide bonds. The molecule has 11 heteroatoms. The number of pyridine rings is 1. The fourth-order valence-corrected chi connectivity index (χ4v) is 4.22. The number of aliphatic imine (C=N–C) groups is 1. The second-order valence-electron chi connectivity index (χ2n) is 7.52. The smallest absolute Gasteiger partial charge is 0.377 e. The molecule has 0 saturated carbocycles. The number of anilines is 1. The molecular weight excluding hydrogens is 389 g/mol. The van der Waals surface area contributed by atoms with Crippen LogP contribution < -0.4 is 10.4 Å². The molecule has 2 bridgehead atoms. The molecule has 3 aliphatic heterocycles. The van der Waals surface area contributed by atoms with E-state index in [1.165, 1.54) is 21.9 Å².